The number of hydrogen-bond donors (Lipinski definition) is 1. The van der Waals surface area contributed by atoms with E-state index in [2.05, 4.69) is 5.32 Å². The Bertz CT molecular complexity index is 588. The van der Waals surface area contributed by atoms with Crippen molar-refractivity contribution >= 4 is 17.3 Å². The fourth-order valence-electron chi connectivity index (χ4n) is 1.53. The molecule has 0 aliphatic rings. The van der Waals surface area contributed by atoms with Crippen molar-refractivity contribution in [3.8, 4) is 6.07 Å². The van der Waals surface area contributed by atoms with E-state index < -0.39 is 0 Å². The third-order valence-corrected chi connectivity index (χ3v) is 2.86. The highest BCUT2D eigenvalue weighted by molar-refractivity contribution is 6.31. The van der Waals surface area contributed by atoms with E-state index >= 15 is 0 Å². The van der Waals surface area contributed by atoms with Crippen LogP contribution in [-0.2, 0) is 6.54 Å². The highest BCUT2D eigenvalue weighted by Crippen LogP contribution is 2.19. The average molecular weight is 261 g/mol. The number of nitrogens with zero attached hydrogens (tertiary/aromatic N) is 1. The molecule has 0 fully saturated rings. The first-order chi connectivity index (χ1) is 8.69. The molecule has 0 aromatic heterocycles. The van der Waals surface area contributed by atoms with Crippen molar-refractivity contribution in [1.82, 2.24) is 0 Å². The maximum Gasteiger partial charge on any atom is 0.123 e. The lowest BCUT2D eigenvalue weighted by molar-refractivity contribution is 0.628. The van der Waals surface area contributed by atoms with Crippen molar-refractivity contribution in [3.63, 3.8) is 0 Å². The van der Waals surface area contributed by atoms with Crippen molar-refractivity contribution in [2.45, 2.75) is 6.54 Å². The highest BCUT2D eigenvalue weighted by Gasteiger charge is 2.02. The number of rotatable bonds is 3. The van der Waals surface area contributed by atoms with Gasteiger partial charge in [0.05, 0.1) is 11.6 Å². The van der Waals surface area contributed by atoms with Crippen LogP contribution in [0.5, 0.6) is 0 Å². The fraction of sp³-hybridized carbons (Fsp3) is 0.0714. The van der Waals surface area contributed by atoms with Gasteiger partial charge in [0.25, 0.3) is 0 Å². The summed E-state index contributed by atoms with van der Waals surface area (Å²) in [6.07, 6.45) is 0. The number of benzene rings is 2. The molecule has 0 spiro atoms. The molecule has 0 amide bonds. The predicted molar refractivity (Wildman–Crippen MR) is 69.9 cm³/mol. The second-order valence-electron chi connectivity index (χ2n) is 3.78. The summed E-state index contributed by atoms with van der Waals surface area (Å²) in [4.78, 5) is 0. The van der Waals surface area contributed by atoms with Crippen molar-refractivity contribution in [2.75, 3.05) is 5.32 Å². The molecule has 0 saturated carbocycles. The normalized spacial score (nSPS) is 9.83. The smallest absolute Gasteiger partial charge is 0.123 e. The Hall–Kier alpha value is -2.05. The Labute approximate surface area is 110 Å². The van der Waals surface area contributed by atoms with Gasteiger partial charge >= 0.3 is 0 Å². The minimum atomic E-state index is -0.267. The van der Waals surface area contributed by atoms with E-state index in [9.17, 15) is 4.39 Å². The summed E-state index contributed by atoms with van der Waals surface area (Å²) in [6.45, 7) is 0.524. The maximum atomic E-state index is 12.7. The quantitative estimate of drug-likeness (QED) is 0.907. The summed E-state index contributed by atoms with van der Waals surface area (Å²) in [6, 6.07) is 13.3. The van der Waals surface area contributed by atoms with Crippen LogP contribution < -0.4 is 5.32 Å². The molecule has 0 bridgehead atoms. The average Bonchev–Trinajstić information content (AvgIpc) is 2.39. The Morgan fingerprint density at radius 1 is 1.17 bits per heavy atom. The molecule has 1 N–H and O–H groups in total. The summed E-state index contributed by atoms with van der Waals surface area (Å²) in [5.74, 6) is -0.267. The van der Waals surface area contributed by atoms with Gasteiger partial charge in [-0.05, 0) is 42.0 Å². The van der Waals surface area contributed by atoms with Crippen molar-refractivity contribution < 1.29 is 4.39 Å². The second-order valence-corrected chi connectivity index (χ2v) is 4.19. The number of nitrogens with one attached hydrogen (secondary N) is 1. The monoisotopic (exact) mass is 260 g/mol. The maximum absolute atomic E-state index is 12.7. The van der Waals surface area contributed by atoms with Gasteiger partial charge in [0.2, 0.25) is 0 Å². The lowest BCUT2D eigenvalue weighted by Crippen LogP contribution is -2.00. The van der Waals surface area contributed by atoms with Gasteiger partial charge in [0, 0.05) is 17.3 Å². The van der Waals surface area contributed by atoms with Gasteiger partial charge in [0.1, 0.15) is 5.82 Å². The molecule has 18 heavy (non-hydrogen) atoms. The van der Waals surface area contributed by atoms with E-state index in [1.165, 1.54) is 12.1 Å². The van der Waals surface area contributed by atoms with E-state index in [1.54, 1.807) is 30.3 Å². The second kappa shape index (κ2) is 5.52. The third kappa shape index (κ3) is 2.99. The SMILES string of the molecule is N#Cc1ccc(CNc2ccc(F)cc2)c(Cl)c1. The van der Waals surface area contributed by atoms with Crippen LogP contribution in [0.15, 0.2) is 42.5 Å². The van der Waals surface area contributed by atoms with Crippen LogP contribution in [0.25, 0.3) is 0 Å². The van der Waals surface area contributed by atoms with E-state index in [4.69, 9.17) is 16.9 Å². The van der Waals surface area contributed by atoms with Gasteiger partial charge in [-0.3, -0.25) is 0 Å². The van der Waals surface area contributed by atoms with Crippen LogP contribution in [0.3, 0.4) is 0 Å². The van der Waals surface area contributed by atoms with Crippen molar-refractivity contribution in [1.29, 1.82) is 5.26 Å². The van der Waals surface area contributed by atoms with Crippen LogP contribution in [0.2, 0.25) is 5.02 Å². The molecule has 2 rings (SSSR count). The topological polar surface area (TPSA) is 35.8 Å². The lowest BCUT2D eigenvalue weighted by Gasteiger charge is -2.08. The molecule has 2 aromatic rings. The fourth-order valence-corrected chi connectivity index (χ4v) is 1.77. The zero-order valence-corrected chi connectivity index (χ0v) is 10.2. The molecule has 0 radical (unpaired) electrons. The largest absolute Gasteiger partial charge is 0.381 e. The van der Waals surface area contributed by atoms with E-state index in [0.29, 0.717) is 17.1 Å². The molecule has 0 aliphatic carbocycles. The van der Waals surface area contributed by atoms with Crippen LogP contribution in [0.4, 0.5) is 10.1 Å². The van der Waals surface area contributed by atoms with Gasteiger partial charge in [-0.15, -0.1) is 0 Å². The minimum absolute atomic E-state index is 0.267. The first kappa shape index (κ1) is 12.4. The molecule has 0 aliphatic heterocycles. The number of hydrogen-bond acceptors (Lipinski definition) is 2. The zero-order chi connectivity index (χ0) is 13.0. The van der Waals surface area contributed by atoms with Crippen molar-refractivity contribution in [2.24, 2.45) is 0 Å². The molecule has 0 heterocycles. The molecule has 2 aromatic carbocycles. The third-order valence-electron chi connectivity index (χ3n) is 2.51. The first-order valence-corrected chi connectivity index (χ1v) is 5.75. The van der Waals surface area contributed by atoms with Crippen LogP contribution >= 0.6 is 11.6 Å². The Morgan fingerprint density at radius 3 is 2.50 bits per heavy atom. The summed E-state index contributed by atoms with van der Waals surface area (Å²) in [7, 11) is 0. The molecule has 2 nitrogen and oxygen atoms in total. The molecular formula is C14H10ClFN2. The Morgan fingerprint density at radius 2 is 1.89 bits per heavy atom. The van der Waals surface area contributed by atoms with Gasteiger partial charge in [0.15, 0.2) is 0 Å². The minimum Gasteiger partial charge on any atom is -0.381 e. The van der Waals surface area contributed by atoms with Crippen molar-refractivity contribution in [3.05, 3.63) is 64.4 Å². The van der Waals surface area contributed by atoms with Gasteiger partial charge in [-0.2, -0.15) is 5.26 Å². The predicted octanol–water partition coefficient (Wildman–Crippen LogP) is 3.96. The van der Waals surface area contributed by atoms with Gasteiger partial charge < -0.3 is 5.32 Å². The Kier molecular flexibility index (Phi) is 3.81. The van der Waals surface area contributed by atoms with Crippen LogP contribution in [0.1, 0.15) is 11.1 Å². The molecule has 90 valence electrons. The van der Waals surface area contributed by atoms with Crippen LogP contribution in [-0.4, -0.2) is 0 Å². The molecule has 0 atom stereocenters. The summed E-state index contributed by atoms with van der Waals surface area (Å²) in [5.41, 5.74) is 2.24. The lowest BCUT2D eigenvalue weighted by atomic mass is 10.1. The highest BCUT2D eigenvalue weighted by atomic mass is 35.5. The van der Waals surface area contributed by atoms with E-state index in [1.807, 2.05) is 6.07 Å². The molecule has 0 saturated heterocycles. The number of anilines is 1. The van der Waals surface area contributed by atoms with Gasteiger partial charge in [-0.25, -0.2) is 4.39 Å². The summed E-state index contributed by atoms with van der Waals surface area (Å²) < 4.78 is 12.7. The Balaban J connectivity index is 2.06. The van der Waals surface area contributed by atoms with E-state index in [0.717, 1.165) is 11.3 Å². The summed E-state index contributed by atoms with van der Waals surface area (Å²) >= 11 is 6.05. The van der Waals surface area contributed by atoms with E-state index in [-0.39, 0.29) is 5.82 Å². The number of nitriles is 1. The standard InChI is InChI=1S/C14H10ClFN2/c15-14-7-10(8-17)1-2-11(14)9-18-13-5-3-12(16)4-6-13/h1-7,18H,9H2. The molecule has 4 heteroatoms. The molecular weight excluding hydrogens is 251 g/mol. The first-order valence-electron chi connectivity index (χ1n) is 5.37. The molecule has 0 unspecified atom stereocenters. The van der Waals surface area contributed by atoms with Crippen LogP contribution in [0, 0.1) is 17.1 Å². The summed E-state index contributed by atoms with van der Waals surface area (Å²) in [5, 5.41) is 12.4. The number of halogens is 2. The van der Waals surface area contributed by atoms with Gasteiger partial charge in [-0.1, -0.05) is 17.7 Å². The zero-order valence-electron chi connectivity index (χ0n) is 9.45.